The molecule has 2 heteroatoms. The standard InChI is InChI=1S/C16H33NO/c1-12(2)15-8-7-14(5)11-16(15)18-10-6-9-17-13(3)4/h12-17H,6-11H2,1-5H3. The Labute approximate surface area is 114 Å². The Balaban J connectivity index is 2.24. The molecule has 0 heterocycles. The zero-order chi connectivity index (χ0) is 13.5. The topological polar surface area (TPSA) is 21.3 Å². The van der Waals surface area contributed by atoms with Crippen LogP contribution in [0.25, 0.3) is 0 Å². The van der Waals surface area contributed by atoms with Gasteiger partial charge in [0.05, 0.1) is 6.10 Å². The Morgan fingerprint density at radius 1 is 1.17 bits per heavy atom. The second kappa shape index (κ2) is 8.16. The van der Waals surface area contributed by atoms with Crippen molar-refractivity contribution in [2.45, 2.75) is 72.4 Å². The molecular weight excluding hydrogens is 222 g/mol. The highest BCUT2D eigenvalue weighted by Crippen LogP contribution is 2.35. The maximum atomic E-state index is 6.17. The number of hydrogen-bond acceptors (Lipinski definition) is 2. The first-order valence-electron chi connectivity index (χ1n) is 7.85. The Hall–Kier alpha value is -0.0800. The first-order valence-corrected chi connectivity index (χ1v) is 7.85. The van der Waals surface area contributed by atoms with E-state index in [2.05, 4.69) is 39.9 Å². The van der Waals surface area contributed by atoms with Crippen LogP contribution < -0.4 is 5.32 Å². The molecule has 0 spiro atoms. The molecule has 1 N–H and O–H groups in total. The van der Waals surface area contributed by atoms with Gasteiger partial charge in [-0.3, -0.25) is 0 Å². The van der Waals surface area contributed by atoms with Gasteiger partial charge in [0.1, 0.15) is 0 Å². The summed E-state index contributed by atoms with van der Waals surface area (Å²) in [5.74, 6) is 2.38. The van der Waals surface area contributed by atoms with Crippen molar-refractivity contribution in [1.82, 2.24) is 5.32 Å². The lowest BCUT2D eigenvalue weighted by Crippen LogP contribution is -2.35. The molecule has 108 valence electrons. The molecular formula is C16H33NO. The number of ether oxygens (including phenoxy) is 1. The Morgan fingerprint density at radius 3 is 2.50 bits per heavy atom. The van der Waals surface area contributed by atoms with Crippen molar-refractivity contribution in [3.05, 3.63) is 0 Å². The summed E-state index contributed by atoms with van der Waals surface area (Å²) in [4.78, 5) is 0. The summed E-state index contributed by atoms with van der Waals surface area (Å²) in [7, 11) is 0. The summed E-state index contributed by atoms with van der Waals surface area (Å²) in [6, 6.07) is 0.586. The highest BCUT2D eigenvalue weighted by Gasteiger charge is 2.31. The lowest BCUT2D eigenvalue weighted by molar-refractivity contribution is -0.0388. The van der Waals surface area contributed by atoms with Crippen LogP contribution in [0.3, 0.4) is 0 Å². The average molecular weight is 255 g/mol. The molecule has 0 aromatic heterocycles. The molecule has 1 aliphatic rings. The van der Waals surface area contributed by atoms with Crippen molar-refractivity contribution >= 4 is 0 Å². The third-order valence-corrected chi connectivity index (χ3v) is 4.17. The van der Waals surface area contributed by atoms with Crippen molar-refractivity contribution in [1.29, 1.82) is 0 Å². The number of rotatable bonds is 7. The van der Waals surface area contributed by atoms with Crippen LogP contribution in [0.1, 0.15) is 60.3 Å². The highest BCUT2D eigenvalue weighted by molar-refractivity contribution is 4.81. The Bertz CT molecular complexity index is 215. The SMILES string of the molecule is CC1CCC(C(C)C)C(OCCCNC(C)C)C1. The predicted molar refractivity (Wildman–Crippen MR) is 78.8 cm³/mol. The summed E-state index contributed by atoms with van der Waals surface area (Å²) < 4.78 is 6.17. The van der Waals surface area contributed by atoms with Crippen molar-refractivity contribution in [3.63, 3.8) is 0 Å². The molecule has 0 saturated heterocycles. The van der Waals surface area contributed by atoms with Gasteiger partial charge >= 0.3 is 0 Å². The Morgan fingerprint density at radius 2 is 1.89 bits per heavy atom. The lowest BCUT2D eigenvalue weighted by atomic mass is 9.75. The largest absolute Gasteiger partial charge is 0.378 e. The molecule has 0 amide bonds. The second-order valence-electron chi connectivity index (χ2n) is 6.70. The second-order valence-corrected chi connectivity index (χ2v) is 6.70. The van der Waals surface area contributed by atoms with Gasteiger partial charge in [-0.25, -0.2) is 0 Å². The third-order valence-electron chi connectivity index (χ3n) is 4.17. The fourth-order valence-electron chi connectivity index (χ4n) is 3.00. The minimum Gasteiger partial charge on any atom is -0.378 e. The molecule has 0 aromatic carbocycles. The minimum absolute atomic E-state index is 0.507. The van der Waals surface area contributed by atoms with E-state index in [0.717, 1.165) is 37.3 Å². The predicted octanol–water partition coefficient (Wildman–Crippen LogP) is 3.85. The summed E-state index contributed by atoms with van der Waals surface area (Å²) in [6.07, 6.45) is 5.65. The molecule has 18 heavy (non-hydrogen) atoms. The highest BCUT2D eigenvalue weighted by atomic mass is 16.5. The molecule has 0 aromatic rings. The van der Waals surface area contributed by atoms with E-state index in [1.54, 1.807) is 0 Å². The smallest absolute Gasteiger partial charge is 0.0608 e. The summed E-state index contributed by atoms with van der Waals surface area (Å²) >= 11 is 0. The summed E-state index contributed by atoms with van der Waals surface area (Å²) in [5.41, 5.74) is 0. The van der Waals surface area contributed by atoms with Crippen LogP contribution in [0.15, 0.2) is 0 Å². The van der Waals surface area contributed by atoms with Gasteiger partial charge in [0.15, 0.2) is 0 Å². The molecule has 1 saturated carbocycles. The summed E-state index contributed by atoms with van der Waals surface area (Å²) in [5, 5.41) is 3.45. The monoisotopic (exact) mass is 255 g/mol. The molecule has 3 unspecified atom stereocenters. The lowest BCUT2D eigenvalue weighted by Gasteiger charge is -2.37. The molecule has 1 fully saturated rings. The van der Waals surface area contributed by atoms with E-state index in [9.17, 15) is 0 Å². The third kappa shape index (κ3) is 5.71. The van der Waals surface area contributed by atoms with Gasteiger partial charge < -0.3 is 10.1 Å². The zero-order valence-electron chi connectivity index (χ0n) is 13.0. The van der Waals surface area contributed by atoms with E-state index in [1.165, 1.54) is 19.3 Å². The van der Waals surface area contributed by atoms with Crippen LogP contribution in [0, 0.1) is 17.8 Å². The van der Waals surface area contributed by atoms with Crippen molar-refractivity contribution in [3.8, 4) is 0 Å². The quantitative estimate of drug-likeness (QED) is 0.698. The molecule has 2 nitrogen and oxygen atoms in total. The molecule has 0 aliphatic heterocycles. The van der Waals surface area contributed by atoms with Crippen LogP contribution in [0.2, 0.25) is 0 Å². The van der Waals surface area contributed by atoms with E-state index < -0.39 is 0 Å². The normalized spacial score (nSPS) is 29.2. The fourth-order valence-corrected chi connectivity index (χ4v) is 3.00. The number of nitrogens with one attached hydrogen (secondary N) is 1. The Kier molecular flexibility index (Phi) is 7.25. The zero-order valence-corrected chi connectivity index (χ0v) is 13.0. The minimum atomic E-state index is 0.507. The van der Waals surface area contributed by atoms with Gasteiger partial charge in [-0.15, -0.1) is 0 Å². The molecule has 0 bridgehead atoms. The summed E-state index contributed by atoms with van der Waals surface area (Å²) in [6.45, 7) is 13.4. The molecule has 0 radical (unpaired) electrons. The van der Waals surface area contributed by atoms with E-state index in [4.69, 9.17) is 4.74 Å². The van der Waals surface area contributed by atoms with E-state index in [-0.39, 0.29) is 0 Å². The van der Waals surface area contributed by atoms with Gasteiger partial charge in [-0.1, -0.05) is 41.0 Å². The number of hydrogen-bond donors (Lipinski definition) is 1. The van der Waals surface area contributed by atoms with Gasteiger partial charge in [-0.05, 0) is 43.6 Å². The maximum absolute atomic E-state index is 6.17. The first kappa shape index (κ1) is 16.0. The van der Waals surface area contributed by atoms with E-state index in [1.807, 2.05) is 0 Å². The van der Waals surface area contributed by atoms with Gasteiger partial charge in [-0.2, -0.15) is 0 Å². The van der Waals surface area contributed by atoms with Crippen LogP contribution in [0.5, 0.6) is 0 Å². The average Bonchev–Trinajstić information content (AvgIpc) is 2.27. The van der Waals surface area contributed by atoms with Crippen LogP contribution in [-0.2, 0) is 4.74 Å². The van der Waals surface area contributed by atoms with Crippen molar-refractivity contribution < 1.29 is 4.74 Å². The van der Waals surface area contributed by atoms with E-state index in [0.29, 0.717) is 12.1 Å². The van der Waals surface area contributed by atoms with Gasteiger partial charge in [0.25, 0.3) is 0 Å². The maximum Gasteiger partial charge on any atom is 0.0608 e. The van der Waals surface area contributed by atoms with Crippen LogP contribution >= 0.6 is 0 Å². The molecule has 1 rings (SSSR count). The fraction of sp³-hybridized carbons (Fsp3) is 1.00. The van der Waals surface area contributed by atoms with Crippen LogP contribution in [-0.4, -0.2) is 25.3 Å². The molecule has 3 atom stereocenters. The molecule has 1 aliphatic carbocycles. The van der Waals surface area contributed by atoms with Crippen LogP contribution in [0.4, 0.5) is 0 Å². The van der Waals surface area contributed by atoms with Gasteiger partial charge in [0.2, 0.25) is 0 Å². The van der Waals surface area contributed by atoms with Crippen molar-refractivity contribution in [2.75, 3.05) is 13.2 Å². The van der Waals surface area contributed by atoms with Crippen molar-refractivity contribution in [2.24, 2.45) is 17.8 Å². The first-order chi connectivity index (χ1) is 8.50. The van der Waals surface area contributed by atoms with Gasteiger partial charge in [0, 0.05) is 12.6 Å². The van der Waals surface area contributed by atoms with E-state index >= 15 is 0 Å².